The first kappa shape index (κ1) is 22.7. The van der Waals surface area contributed by atoms with Crippen LogP contribution in [0.25, 0.3) is 0 Å². The lowest BCUT2D eigenvalue weighted by Crippen LogP contribution is -2.32. The van der Waals surface area contributed by atoms with Gasteiger partial charge in [0, 0.05) is 36.5 Å². The summed E-state index contributed by atoms with van der Waals surface area (Å²) in [6.07, 6.45) is -0.984. The minimum absolute atomic E-state index is 0.00955. The largest absolute Gasteiger partial charge is 0.494 e. The highest BCUT2D eigenvalue weighted by molar-refractivity contribution is 6.18. The van der Waals surface area contributed by atoms with Crippen LogP contribution in [0.5, 0.6) is 5.75 Å². The van der Waals surface area contributed by atoms with Crippen molar-refractivity contribution < 1.29 is 28.2 Å². The maximum atomic E-state index is 13.1. The lowest BCUT2D eigenvalue weighted by atomic mass is 10.0. The summed E-state index contributed by atoms with van der Waals surface area (Å²) in [6, 6.07) is 12.0. The van der Waals surface area contributed by atoms with Crippen molar-refractivity contribution in [2.75, 3.05) is 23.9 Å². The highest BCUT2D eigenvalue weighted by atomic mass is 35.5. The number of alkyl halides is 1. The SMILES string of the molecule is CCOc1ccc(N2C[C@@H](C(=O)O[C@H](CCCl)C(=O)c3ccc(F)cc3)CC2=O)cc1. The Kier molecular flexibility index (Phi) is 7.63. The highest BCUT2D eigenvalue weighted by Crippen LogP contribution is 2.28. The molecule has 31 heavy (non-hydrogen) atoms. The standard InChI is InChI=1S/C23H23ClFNO5/c1-2-30-19-9-7-18(8-10-19)26-14-16(13-21(26)27)23(29)31-20(11-12-24)22(28)15-3-5-17(25)6-4-15/h3-10,16,20H,2,11-14H2,1H3/t16-,20+/m0/s1. The number of ketones is 1. The van der Waals surface area contributed by atoms with Crippen LogP contribution in [-0.2, 0) is 14.3 Å². The third-order valence-corrected chi connectivity index (χ3v) is 5.19. The van der Waals surface area contributed by atoms with E-state index in [0.29, 0.717) is 18.0 Å². The van der Waals surface area contributed by atoms with Crippen LogP contribution in [0.15, 0.2) is 48.5 Å². The lowest BCUT2D eigenvalue weighted by molar-refractivity contribution is -0.151. The molecule has 2 atom stereocenters. The van der Waals surface area contributed by atoms with Crippen molar-refractivity contribution in [3.63, 3.8) is 0 Å². The van der Waals surface area contributed by atoms with E-state index in [1.165, 1.54) is 17.0 Å². The highest BCUT2D eigenvalue weighted by Gasteiger charge is 2.38. The zero-order valence-corrected chi connectivity index (χ0v) is 17.8. The number of hydrogen-bond acceptors (Lipinski definition) is 5. The summed E-state index contributed by atoms with van der Waals surface area (Å²) in [5, 5.41) is 0. The molecule has 6 nitrogen and oxygen atoms in total. The number of Topliss-reactive ketones (excluding diaryl/α,β-unsaturated/α-hetero) is 1. The average molecular weight is 448 g/mol. The molecule has 1 saturated heterocycles. The third-order valence-electron chi connectivity index (χ3n) is 4.97. The van der Waals surface area contributed by atoms with Gasteiger partial charge in [0.25, 0.3) is 0 Å². The minimum Gasteiger partial charge on any atom is -0.494 e. The van der Waals surface area contributed by atoms with Crippen molar-refractivity contribution in [2.24, 2.45) is 5.92 Å². The van der Waals surface area contributed by atoms with Crippen molar-refractivity contribution in [3.05, 3.63) is 59.9 Å². The molecule has 0 spiro atoms. The van der Waals surface area contributed by atoms with Gasteiger partial charge in [-0.2, -0.15) is 0 Å². The van der Waals surface area contributed by atoms with E-state index in [-0.39, 0.29) is 36.7 Å². The number of amides is 1. The molecule has 0 radical (unpaired) electrons. The van der Waals surface area contributed by atoms with Crippen molar-refractivity contribution in [2.45, 2.75) is 25.9 Å². The van der Waals surface area contributed by atoms with Gasteiger partial charge in [0.1, 0.15) is 11.6 Å². The summed E-state index contributed by atoms with van der Waals surface area (Å²) in [6.45, 7) is 2.58. The Morgan fingerprint density at radius 3 is 2.45 bits per heavy atom. The average Bonchev–Trinajstić information content (AvgIpc) is 3.16. The van der Waals surface area contributed by atoms with Gasteiger partial charge in [-0.25, -0.2) is 4.39 Å². The topological polar surface area (TPSA) is 72.9 Å². The summed E-state index contributed by atoms with van der Waals surface area (Å²) in [4.78, 5) is 39.4. The zero-order chi connectivity index (χ0) is 22.4. The monoisotopic (exact) mass is 447 g/mol. The maximum absolute atomic E-state index is 13.1. The number of hydrogen-bond donors (Lipinski definition) is 0. The predicted molar refractivity (Wildman–Crippen MR) is 114 cm³/mol. The molecule has 0 aliphatic carbocycles. The quantitative estimate of drug-likeness (QED) is 0.330. The van der Waals surface area contributed by atoms with Crippen LogP contribution in [0.3, 0.4) is 0 Å². The van der Waals surface area contributed by atoms with Crippen molar-refractivity contribution >= 4 is 34.9 Å². The molecule has 0 saturated carbocycles. The Morgan fingerprint density at radius 2 is 1.84 bits per heavy atom. The zero-order valence-electron chi connectivity index (χ0n) is 17.1. The molecule has 1 aliphatic rings. The molecule has 1 heterocycles. The number of anilines is 1. The summed E-state index contributed by atoms with van der Waals surface area (Å²) in [5.41, 5.74) is 0.881. The van der Waals surface area contributed by atoms with Crippen molar-refractivity contribution in [1.82, 2.24) is 0 Å². The van der Waals surface area contributed by atoms with Crippen LogP contribution in [-0.4, -0.2) is 42.8 Å². The van der Waals surface area contributed by atoms with Gasteiger partial charge < -0.3 is 14.4 Å². The van der Waals surface area contributed by atoms with Crippen LogP contribution in [0, 0.1) is 11.7 Å². The van der Waals surface area contributed by atoms with E-state index in [2.05, 4.69) is 0 Å². The summed E-state index contributed by atoms with van der Waals surface area (Å²) < 4.78 is 24.0. The van der Waals surface area contributed by atoms with Crippen LogP contribution in [0.4, 0.5) is 10.1 Å². The van der Waals surface area contributed by atoms with Crippen molar-refractivity contribution in [3.8, 4) is 5.75 Å². The van der Waals surface area contributed by atoms with E-state index >= 15 is 0 Å². The molecule has 8 heteroatoms. The maximum Gasteiger partial charge on any atom is 0.312 e. The smallest absolute Gasteiger partial charge is 0.312 e. The van der Waals surface area contributed by atoms with Crippen molar-refractivity contribution in [1.29, 1.82) is 0 Å². The molecule has 1 amide bonds. The molecular weight excluding hydrogens is 425 g/mol. The van der Waals surface area contributed by atoms with Gasteiger partial charge in [-0.15, -0.1) is 11.6 Å². The molecule has 1 fully saturated rings. The summed E-state index contributed by atoms with van der Waals surface area (Å²) >= 11 is 5.78. The predicted octanol–water partition coefficient (Wildman–Crippen LogP) is 4.00. The molecule has 3 rings (SSSR count). The summed E-state index contributed by atoms with van der Waals surface area (Å²) in [7, 11) is 0. The first-order valence-electron chi connectivity index (χ1n) is 10.0. The molecule has 2 aromatic rings. The molecular formula is C23H23ClFNO5. The fraction of sp³-hybridized carbons (Fsp3) is 0.348. The van der Waals surface area contributed by atoms with Gasteiger partial charge in [-0.1, -0.05) is 0 Å². The van der Waals surface area contributed by atoms with Crippen LogP contribution >= 0.6 is 11.6 Å². The normalized spacial score (nSPS) is 16.8. The number of rotatable bonds is 9. The number of ether oxygens (including phenoxy) is 2. The second-order valence-corrected chi connectivity index (χ2v) is 7.48. The second-order valence-electron chi connectivity index (χ2n) is 7.11. The third kappa shape index (κ3) is 5.61. The van der Waals surface area contributed by atoms with Gasteiger partial charge in [0.2, 0.25) is 11.7 Å². The number of carbonyl (C=O) groups is 3. The molecule has 164 valence electrons. The first-order valence-corrected chi connectivity index (χ1v) is 10.6. The number of halogens is 2. The van der Waals surface area contributed by atoms with Gasteiger partial charge in [-0.05, 0) is 55.5 Å². The Hall–Kier alpha value is -2.93. The van der Waals surface area contributed by atoms with Crippen LogP contribution in [0.1, 0.15) is 30.1 Å². The van der Waals surface area contributed by atoms with E-state index in [0.717, 1.165) is 12.1 Å². The molecule has 0 N–H and O–H groups in total. The molecule has 0 aromatic heterocycles. The minimum atomic E-state index is -1.09. The molecule has 0 unspecified atom stereocenters. The molecule has 1 aliphatic heterocycles. The Bertz CT molecular complexity index is 932. The van der Waals surface area contributed by atoms with Crippen LogP contribution in [0.2, 0.25) is 0 Å². The second kappa shape index (κ2) is 10.4. The Morgan fingerprint density at radius 1 is 1.16 bits per heavy atom. The van der Waals surface area contributed by atoms with Gasteiger partial charge in [0.05, 0.1) is 12.5 Å². The Labute approximate surface area is 184 Å². The van der Waals surface area contributed by atoms with E-state index < -0.39 is 29.6 Å². The lowest BCUT2D eigenvalue weighted by Gasteiger charge is -2.19. The van der Waals surface area contributed by atoms with E-state index in [1.54, 1.807) is 24.3 Å². The Balaban J connectivity index is 1.66. The van der Waals surface area contributed by atoms with Gasteiger partial charge in [0.15, 0.2) is 6.10 Å². The van der Waals surface area contributed by atoms with E-state index in [9.17, 15) is 18.8 Å². The number of carbonyl (C=O) groups excluding carboxylic acids is 3. The first-order chi connectivity index (χ1) is 14.9. The number of esters is 1. The van der Waals surface area contributed by atoms with E-state index in [1.807, 2.05) is 6.92 Å². The summed E-state index contributed by atoms with van der Waals surface area (Å²) in [5.74, 6) is -1.66. The fourth-order valence-corrected chi connectivity index (χ4v) is 3.58. The van der Waals surface area contributed by atoms with Gasteiger partial charge >= 0.3 is 5.97 Å². The number of benzene rings is 2. The van der Waals surface area contributed by atoms with E-state index in [4.69, 9.17) is 21.1 Å². The molecule has 0 bridgehead atoms. The fourth-order valence-electron chi connectivity index (χ4n) is 3.38. The molecule has 2 aromatic carbocycles. The number of nitrogens with zero attached hydrogens (tertiary/aromatic N) is 1. The van der Waals surface area contributed by atoms with Crippen LogP contribution < -0.4 is 9.64 Å². The van der Waals surface area contributed by atoms with Gasteiger partial charge in [-0.3, -0.25) is 14.4 Å².